The van der Waals surface area contributed by atoms with Crippen molar-refractivity contribution in [3.8, 4) is 61.8 Å². The van der Waals surface area contributed by atoms with E-state index in [-0.39, 0.29) is 56.5 Å². The van der Waals surface area contributed by atoms with E-state index in [9.17, 15) is 65.7 Å². The average molecular weight is 1240 g/mol. The van der Waals surface area contributed by atoms with E-state index in [4.69, 9.17) is 38.4 Å². The molecule has 5 aliphatic heterocycles. The Bertz CT molecular complexity index is 3930. The fourth-order valence-corrected chi connectivity index (χ4v) is 11.2. The van der Waals surface area contributed by atoms with E-state index in [0.717, 1.165) is 0 Å². The molecule has 3 saturated heterocycles. The largest absolute Gasteiger partial charge is 0.462 e. The summed E-state index contributed by atoms with van der Waals surface area (Å²) >= 11 is 0. The second-order valence-electron chi connectivity index (χ2n) is 21.5. The highest BCUT2D eigenvalue weighted by Crippen LogP contribution is 2.42. The summed E-state index contributed by atoms with van der Waals surface area (Å²) in [6.45, 7) is -2.14. The van der Waals surface area contributed by atoms with Crippen molar-refractivity contribution in [2.45, 2.75) is 92.1 Å². The number of aliphatic hydroxyl groups excluding tert-OH is 12. The van der Waals surface area contributed by atoms with Crippen LogP contribution in [-0.4, -0.2) is 193 Å². The van der Waals surface area contributed by atoms with Crippen LogP contribution in [0, 0.1) is 29.1 Å². The number of aromatic nitrogens is 4. The molecule has 5 aliphatic rings. The average Bonchev–Trinajstić information content (AvgIpc) is 2.06. The third-order valence-corrected chi connectivity index (χ3v) is 15.9. The lowest BCUT2D eigenvalue weighted by Crippen LogP contribution is -2.60. The van der Waals surface area contributed by atoms with Gasteiger partial charge >= 0.3 is 0 Å². The SMILES string of the molecule is OC[C@H]1O[C@@H](Oc2ccc(-c3c4nc(c(-c5ccc(O[C@@H]6O[C@H](CO)[C@@H](O)[C@H](O)[C@H]6O)cc5)c5ccc([nH]5)c(-c5c(F)c(F)c(F)c(F)c5F)c5nc(c(-c6ccc(O[C@@H]7O[C@H](CO)[C@@H](O)[C@H](O)[C@H]7O)cc6)c6ccc3[nH]6)C=C5)C=C4)cc2)[C@H](O)[C@@H](O)[C@@H]1O. The molecule has 22 nitrogen and oxygen atoms in total. The van der Waals surface area contributed by atoms with Gasteiger partial charge in [0.15, 0.2) is 23.3 Å². The van der Waals surface area contributed by atoms with Gasteiger partial charge in [0.05, 0.1) is 48.2 Å². The molecule has 0 radical (unpaired) electrons. The molecule has 8 heterocycles. The summed E-state index contributed by atoms with van der Waals surface area (Å²) in [7, 11) is 0. The lowest BCUT2D eigenvalue weighted by Gasteiger charge is -2.39. The van der Waals surface area contributed by atoms with Crippen LogP contribution in [0.5, 0.6) is 17.2 Å². The number of aliphatic hydroxyl groups is 12. The van der Waals surface area contributed by atoms with E-state index >= 15 is 17.6 Å². The molecule has 8 bridgehead atoms. The van der Waals surface area contributed by atoms with Crippen LogP contribution >= 0.6 is 0 Å². The van der Waals surface area contributed by atoms with Gasteiger partial charge in [-0.3, -0.25) is 0 Å². The smallest absolute Gasteiger partial charge is 0.229 e. The Hall–Kier alpha value is -8.07. The van der Waals surface area contributed by atoms with E-state index in [1.807, 2.05) is 0 Å². The first-order chi connectivity index (χ1) is 42.8. The Morgan fingerprint density at radius 2 is 0.584 bits per heavy atom. The maximum Gasteiger partial charge on any atom is 0.229 e. The topological polar surface area (TPSA) is 356 Å². The minimum Gasteiger partial charge on any atom is -0.462 e. The van der Waals surface area contributed by atoms with Gasteiger partial charge in [-0.05, 0) is 102 Å². The lowest BCUT2D eigenvalue weighted by molar-refractivity contribution is -0.277. The van der Waals surface area contributed by atoms with Gasteiger partial charge in [0.2, 0.25) is 24.7 Å². The summed E-state index contributed by atoms with van der Waals surface area (Å²) in [5, 5.41) is 124. The fraction of sp³-hybridized carbons (Fsp3) is 0.290. The highest BCUT2D eigenvalue weighted by Gasteiger charge is 2.47. The van der Waals surface area contributed by atoms with Crippen molar-refractivity contribution < 1.29 is 112 Å². The zero-order valence-electron chi connectivity index (χ0n) is 45.9. The van der Waals surface area contributed by atoms with E-state index < -0.39 is 152 Å². The number of fused-ring (bicyclic) bond motifs is 8. The maximum absolute atomic E-state index is 16.4. The first-order valence-corrected chi connectivity index (χ1v) is 27.7. The number of aromatic amines is 2. The van der Waals surface area contributed by atoms with Crippen molar-refractivity contribution in [2.75, 3.05) is 19.8 Å². The van der Waals surface area contributed by atoms with E-state index in [2.05, 4.69) is 9.97 Å². The summed E-state index contributed by atoms with van der Waals surface area (Å²) in [5.41, 5.74) is 1.43. The first kappa shape index (κ1) is 61.2. The number of hydrogen-bond acceptors (Lipinski definition) is 20. The number of halogens is 5. The quantitative estimate of drug-likeness (QED) is 0.0446. The molecule has 466 valence electrons. The Labute approximate surface area is 499 Å². The number of nitrogens with zero attached hydrogens (tertiary/aromatic N) is 2. The monoisotopic (exact) mass is 1240 g/mol. The van der Waals surface area contributed by atoms with Gasteiger partial charge < -0.3 is 99.7 Å². The minimum atomic E-state index is -2.40. The fourth-order valence-electron chi connectivity index (χ4n) is 11.2. The summed E-state index contributed by atoms with van der Waals surface area (Å²) in [6.07, 6.45) is -17.8. The number of ether oxygens (including phenoxy) is 6. The van der Waals surface area contributed by atoms with Crippen LogP contribution < -0.4 is 14.2 Å². The van der Waals surface area contributed by atoms with Crippen molar-refractivity contribution >= 4 is 46.4 Å². The van der Waals surface area contributed by atoms with Gasteiger partial charge in [0, 0.05) is 44.3 Å². The number of H-pyrrole nitrogens is 2. The van der Waals surface area contributed by atoms with Gasteiger partial charge in [-0.25, -0.2) is 31.9 Å². The van der Waals surface area contributed by atoms with Crippen molar-refractivity contribution in [2.24, 2.45) is 0 Å². The zero-order valence-corrected chi connectivity index (χ0v) is 45.9. The lowest BCUT2D eigenvalue weighted by atomic mass is 9.99. The minimum absolute atomic E-state index is 0.0703. The molecule has 0 unspecified atom stereocenters. The van der Waals surface area contributed by atoms with Crippen molar-refractivity contribution in [1.82, 2.24) is 19.9 Å². The standard InChI is InChI=1S/C62H55F5N4O18/c63-46-45(47(64)49(66)50(67)48(46)65)44-36-19-17-34(70-36)42(25-3-9-28(10-4-25)85-61-58(82)55(79)52(76)39(22-73)88-61)32-15-13-30(68-32)41(24-1-7-27(8-2-24)84-60-57(81)54(78)51(75)38(21-72)87-60)31-14-16-33(69-31)43(35-18-20-37(44)71-35)26-5-11-29(12-6-26)86-62-59(83)56(80)53(77)40(23-74)89-62/h1-20,38-40,51-62,68,71-83H,21-23H2/t38-,39-,40-,51-,52-,53-,54+,55+,56+,57-,58-,59-,60-,61-,62-/m1/s1. The molecule has 4 aromatic carbocycles. The van der Waals surface area contributed by atoms with E-state index in [1.54, 1.807) is 60.7 Å². The molecule has 0 amide bonds. The molecule has 89 heavy (non-hydrogen) atoms. The number of rotatable bonds is 13. The van der Waals surface area contributed by atoms with Crippen LogP contribution in [0.2, 0.25) is 0 Å². The van der Waals surface area contributed by atoms with Gasteiger partial charge in [-0.1, -0.05) is 36.4 Å². The molecule has 27 heteroatoms. The number of hydrogen-bond donors (Lipinski definition) is 14. The molecule has 12 rings (SSSR count). The Kier molecular flexibility index (Phi) is 17.0. The molecular formula is C62H55F5N4O18. The van der Waals surface area contributed by atoms with Gasteiger partial charge in [0.25, 0.3) is 0 Å². The Morgan fingerprint density at radius 3 is 0.865 bits per heavy atom. The van der Waals surface area contributed by atoms with Crippen molar-refractivity contribution in [3.05, 3.63) is 149 Å². The maximum atomic E-state index is 16.4. The second-order valence-corrected chi connectivity index (χ2v) is 21.5. The number of nitrogens with one attached hydrogen (secondary N) is 2. The summed E-state index contributed by atoms with van der Waals surface area (Å²) in [6, 6.07) is 24.6. The Balaban J connectivity index is 1.07. The van der Waals surface area contributed by atoms with Crippen molar-refractivity contribution in [3.63, 3.8) is 0 Å². The van der Waals surface area contributed by atoms with Gasteiger partial charge in [-0.2, -0.15) is 0 Å². The van der Waals surface area contributed by atoms with Crippen LogP contribution in [0.3, 0.4) is 0 Å². The molecule has 3 aromatic heterocycles. The molecular weight excluding hydrogens is 1180 g/mol. The normalized spacial score (nSPS) is 27.6. The molecule has 7 aromatic rings. The van der Waals surface area contributed by atoms with Crippen molar-refractivity contribution in [1.29, 1.82) is 0 Å². The third kappa shape index (κ3) is 11.2. The van der Waals surface area contributed by atoms with Gasteiger partial charge in [-0.15, -0.1) is 0 Å². The third-order valence-electron chi connectivity index (χ3n) is 15.9. The van der Waals surface area contributed by atoms with Crippen LogP contribution in [0.1, 0.15) is 22.8 Å². The van der Waals surface area contributed by atoms with Crippen LogP contribution in [-0.2, 0) is 14.2 Å². The predicted molar refractivity (Wildman–Crippen MR) is 304 cm³/mol. The highest BCUT2D eigenvalue weighted by atomic mass is 19.2. The summed E-state index contributed by atoms with van der Waals surface area (Å²) in [5.74, 6) is -10.9. The van der Waals surface area contributed by atoms with E-state index in [0.29, 0.717) is 39.0 Å². The van der Waals surface area contributed by atoms with E-state index in [1.165, 1.54) is 60.7 Å². The van der Waals surface area contributed by atoms with Gasteiger partial charge in [0.1, 0.15) is 90.5 Å². The second kappa shape index (κ2) is 24.7. The predicted octanol–water partition coefficient (Wildman–Crippen LogP) is 3.56. The Morgan fingerprint density at radius 1 is 0.326 bits per heavy atom. The molecule has 0 spiro atoms. The highest BCUT2D eigenvalue weighted by molar-refractivity contribution is 6.00. The van der Waals surface area contributed by atoms with Crippen LogP contribution in [0.25, 0.3) is 90.9 Å². The summed E-state index contributed by atoms with van der Waals surface area (Å²) in [4.78, 5) is 16.5. The molecule has 0 saturated carbocycles. The molecule has 15 atom stereocenters. The number of benzene rings is 4. The van der Waals surface area contributed by atoms with Crippen LogP contribution in [0.4, 0.5) is 22.0 Å². The first-order valence-electron chi connectivity index (χ1n) is 27.7. The molecule has 14 N–H and O–H groups in total. The molecule has 0 aliphatic carbocycles. The zero-order chi connectivity index (χ0) is 62.9. The van der Waals surface area contributed by atoms with Crippen LogP contribution in [0.15, 0.2) is 97.1 Å². The summed E-state index contributed by atoms with van der Waals surface area (Å²) < 4.78 is 113. The molecule has 3 fully saturated rings.